The number of carbonyl (C=O) groups is 1. The third-order valence-electron chi connectivity index (χ3n) is 4.74. The second-order valence-electron chi connectivity index (χ2n) is 6.29. The van der Waals surface area contributed by atoms with Crippen LogP contribution in [0.2, 0.25) is 0 Å². The number of fused-ring (bicyclic) bond motifs is 2. The van der Waals surface area contributed by atoms with Gasteiger partial charge in [0.15, 0.2) is 0 Å². The molecule has 0 aromatic heterocycles. The maximum Gasteiger partial charge on any atom is 0.223 e. The molecule has 7 heteroatoms. The van der Waals surface area contributed by atoms with Gasteiger partial charge in [-0.2, -0.15) is 0 Å². The summed E-state index contributed by atoms with van der Waals surface area (Å²) < 4.78 is 13.3. The van der Waals surface area contributed by atoms with Crippen LogP contribution < -0.4 is 5.32 Å². The highest BCUT2D eigenvalue weighted by Gasteiger charge is 2.37. The molecule has 0 aliphatic carbocycles. The Kier molecular flexibility index (Phi) is 7.72. The number of halogens is 2. The Morgan fingerprint density at radius 2 is 1.92 bits per heavy atom. The third-order valence-corrected chi connectivity index (χ3v) is 6.73. The Labute approximate surface area is 160 Å². The Bertz CT molecular complexity index is 570. The zero-order valence-electron chi connectivity index (χ0n) is 13.6. The minimum absolute atomic E-state index is 0. The zero-order valence-corrected chi connectivity index (χ0v) is 16.8. The van der Waals surface area contributed by atoms with Gasteiger partial charge in [-0.25, -0.2) is 0 Å². The summed E-state index contributed by atoms with van der Waals surface area (Å²) in [5, 5.41) is 3.42. The van der Waals surface area contributed by atoms with Crippen molar-refractivity contribution in [3.8, 4) is 0 Å². The van der Waals surface area contributed by atoms with E-state index in [0.29, 0.717) is 30.7 Å². The molecule has 4 nitrogen and oxygen atoms in total. The number of nitrogens with zero attached hydrogens (tertiary/aromatic N) is 1. The smallest absolute Gasteiger partial charge is 0.223 e. The lowest BCUT2D eigenvalue weighted by atomic mass is 10.1. The van der Waals surface area contributed by atoms with Crippen LogP contribution in [0.15, 0.2) is 33.6 Å². The average molecular weight is 436 g/mol. The van der Waals surface area contributed by atoms with E-state index in [1.54, 1.807) is 0 Å². The van der Waals surface area contributed by atoms with E-state index in [1.807, 2.05) is 24.3 Å². The van der Waals surface area contributed by atoms with Gasteiger partial charge in [0.25, 0.3) is 0 Å². The van der Waals surface area contributed by atoms with Gasteiger partial charge in [0, 0.05) is 40.2 Å². The molecule has 2 aliphatic rings. The number of benzene rings is 1. The van der Waals surface area contributed by atoms with E-state index in [2.05, 4.69) is 26.1 Å². The van der Waals surface area contributed by atoms with Gasteiger partial charge in [0.05, 0.1) is 10.8 Å². The lowest BCUT2D eigenvalue weighted by Crippen LogP contribution is -2.42. The van der Waals surface area contributed by atoms with Crippen molar-refractivity contribution >= 4 is 45.0 Å². The van der Waals surface area contributed by atoms with Gasteiger partial charge in [-0.3, -0.25) is 9.00 Å². The van der Waals surface area contributed by atoms with Gasteiger partial charge in [0.1, 0.15) is 0 Å². The SMILES string of the molecule is Cl.O=C(CCCS(=O)c1ccc(Br)cc1)N1C2CCNCC1CC2. The Morgan fingerprint density at radius 1 is 1.21 bits per heavy atom. The van der Waals surface area contributed by atoms with Gasteiger partial charge in [-0.05, 0) is 56.5 Å². The predicted octanol–water partition coefficient (Wildman–Crippen LogP) is 3.11. The Morgan fingerprint density at radius 3 is 2.67 bits per heavy atom. The van der Waals surface area contributed by atoms with Crippen LogP contribution in [0.5, 0.6) is 0 Å². The van der Waals surface area contributed by atoms with E-state index < -0.39 is 10.8 Å². The summed E-state index contributed by atoms with van der Waals surface area (Å²) in [4.78, 5) is 15.5. The van der Waals surface area contributed by atoms with E-state index in [4.69, 9.17) is 0 Å². The van der Waals surface area contributed by atoms with Crippen molar-refractivity contribution in [1.82, 2.24) is 10.2 Å². The molecule has 134 valence electrons. The molecule has 2 aliphatic heterocycles. The number of carbonyl (C=O) groups excluding carboxylic acids is 1. The fourth-order valence-electron chi connectivity index (χ4n) is 3.58. The van der Waals surface area contributed by atoms with Gasteiger partial charge < -0.3 is 10.2 Å². The number of hydrogen-bond acceptors (Lipinski definition) is 3. The average Bonchev–Trinajstić information content (AvgIpc) is 2.80. The van der Waals surface area contributed by atoms with E-state index >= 15 is 0 Å². The van der Waals surface area contributed by atoms with E-state index in [1.165, 1.54) is 0 Å². The van der Waals surface area contributed by atoms with Crippen LogP contribution in [0, 0.1) is 0 Å². The Balaban J connectivity index is 0.00000208. The van der Waals surface area contributed by atoms with Crippen LogP contribution >= 0.6 is 28.3 Å². The number of nitrogens with one attached hydrogen (secondary N) is 1. The summed E-state index contributed by atoms with van der Waals surface area (Å²) in [6.45, 7) is 1.94. The van der Waals surface area contributed by atoms with Gasteiger partial charge in [-0.15, -0.1) is 12.4 Å². The summed E-state index contributed by atoms with van der Waals surface area (Å²) in [6, 6.07) is 8.35. The largest absolute Gasteiger partial charge is 0.335 e. The zero-order chi connectivity index (χ0) is 16.2. The first kappa shape index (κ1) is 19.9. The minimum atomic E-state index is -1.02. The molecule has 0 radical (unpaired) electrons. The monoisotopic (exact) mass is 434 g/mol. The minimum Gasteiger partial charge on any atom is -0.335 e. The van der Waals surface area contributed by atoms with Crippen molar-refractivity contribution in [3.63, 3.8) is 0 Å². The first-order chi connectivity index (χ1) is 11.1. The molecule has 3 unspecified atom stereocenters. The van der Waals surface area contributed by atoms with Crippen molar-refractivity contribution in [3.05, 3.63) is 28.7 Å². The number of hydrogen-bond donors (Lipinski definition) is 1. The highest BCUT2D eigenvalue weighted by atomic mass is 79.9. The molecular weight excluding hydrogens is 412 g/mol. The lowest BCUT2D eigenvalue weighted by molar-refractivity contribution is -0.133. The van der Waals surface area contributed by atoms with Crippen LogP contribution in [0.4, 0.5) is 0 Å². The second kappa shape index (κ2) is 9.32. The summed E-state index contributed by atoms with van der Waals surface area (Å²) in [5.74, 6) is 0.795. The van der Waals surface area contributed by atoms with Crippen LogP contribution in [-0.2, 0) is 15.6 Å². The van der Waals surface area contributed by atoms with E-state index in [9.17, 15) is 9.00 Å². The summed E-state index contributed by atoms with van der Waals surface area (Å²) in [7, 11) is -1.02. The summed E-state index contributed by atoms with van der Waals surface area (Å²) in [6.07, 6.45) is 4.52. The maximum atomic E-state index is 12.6. The van der Waals surface area contributed by atoms with Crippen molar-refractivity contribution in [2.45, 2.75) is 49.1 Å². The second-order valence-corrected chi connectivity index (χ2v) is 8.77. The molecule has 3 rings (SSSR count). The van der Waals surface area contributed by atoms with Gasteiger partial charge in [-0.1, -0.05) is 15.9 Å². The first-order valence-corrected chi connectivity index (χ1v) is 10.4. The summed E-state index contributed by atoms with van der Waals surface area (Å²) >= 11 is 3.38. The highest BCUT2D eigenvalue weighted by molar-refractivity contribution is 9.10. The third kappa shape index (κ3) is 4.81. The molecule has 1 amide bonds. The topological polar surface area (TPSA) is 49.4 Å². The van der Waals surface area contributed by atoms with Crippen LogP contribution in [0.3, 0.4) is 0 Å². The van der Waals surface area contributed by atoms with Crippen LogP contribution in [-0.4, -0.2) is 45.9 Å². The molecule has 2 heterocycles. The Hall–Kier alpha value is -0.430. The van der Waals surface area contributed by atoms with E-state index in [-0.39, 0.29) is 18.3 Å². The molecule has 3 atom stereocenters. The van der Waals surface area contributed by atoms with Crippen LogP contribution in [0.25, 0.3) is 0 Å². The number of rotatable bonds is 5. The molecule has 0 saturated carbocycles. The summed E-state index contributed by atoms with van der Waals surface area (Å²) in [5.41, 5.74) is 0. The first-order valence-electron chi connectivity index (χ1n) is 8.31. The van der Waals surface area contributed by atoms with Crippen LogP contribution in [0.1, 0.15) is 32.1 Å². The van der Waals surface area contributed by atoms with Gasteiger partial charge >= 0.3 is 0 Å². The van der Waals surface area contributed by atoms with Crippen molar-refractivity contribution in [2.75, 3.05) is 18.8 Å². The molecule has 2 bridgehead atoms. The highest BCUT2D eigenvalue weighted by Crippen LogP contribution is 2.28. The van der Waals surface area contributed by atoms with E-state index in [0.717, 1.165) is 41.7 Å². The maximum absolute atomic E-state index is 12.6. The molecule has 0 spiro atoms. The fourth-order valence-corrected chi connectivity index (χ4v) is 4.92. The van der Waals surface area contributed by atoms with Crippen molar-refractivity contribution in [2.24, 2.45) is 0 Å². The molecule has 1 aromatic carbocycles. The molecular formula is C17H24BrClN2O2S. The predicted molar refractivity (Wildman–Crippen MR) is 103 cm³/mol. The molecule has 1 N–H and O–H groups in total. The fraction of sp³-hybridized carbons (Fsp3) is 0.588. The van der Waals surface area contributed by atoms with Crippen molar-refractivity contribution < 1.29 is 9.00 Å². The quantitative estimate of drug-likeness (QED) is 0.773. The standard InChI is InChI=1S/C17H23BrN2O2S.ClH/c18-13-3-7-16(8-4-13)23(22)11-1-2-17(21)20-14-5-6-15(20)12-19-10-9-14;/h3-4,7-8,14-15,19H,1-2,5-6,9-12H2;1H. The lowest BCUT2D eigenvalue weighted by Gasteiger charge is -2.28. The molecule has 24 heavy (non-hydrogen) atoms. The normalized spacial score (nSPS) is 24.1. The molecule has 2 fully saturated rings. The number of amides is 1. The van der Waals surface area contributed by atoms with Gasteiger partial charge in [0.2, 0.25) is 5.91 Å². The van der Waals surface area contributed by atoms with Crippen molar-refractivity contribution in [1.29, 1.82) is 0 Å². The molecule has 1 aromatic rings. The molecule has 2 saturated heterocycles.